The molecule has 110 valence electrons. The van der Waals surface area contributed by atoms with E-state index >= 15 is 0 Å². The predicted octanol–water partition coefficient (Wildman–Crippen LogP) is 3.75. The molecule has 0 aromatic rings. The molecule has 2 nitrogen and oxygen atoms in total. The van der Waals surface area contributed by atoms with Crippen LogP contribution in [-0.2, 0) is 4.79 Å². The maximum Gasteiger partial charge on any atom is 0.137 e. The quantitative estimate of drug-likeness (QED) is 0.758. The SMILES string of the molecule is CC1(C)CCC(=O)C(CN2CCC(C(C)(C)C)C2)C1. The van der Waals surface area contributed by atoms with Gasteiger partial charge in [-0.3, -0.25) is 4.79 Å². The lowest BCUT2D eigenvalue weighted by Crippen LogP contribution is -2.38. The number of hydrogen-bond donors (Lipinski definition) is 0. The van der Waals surface area contributed by atoms with Crippen molar-refractivity contribution in [3.05, 3.63) is 0 Å². The van der Waals surface area contributed by atoms with Crippen LogP contribution in [0, 0.1) is 22.7 Å². The van der Waals surface area contributed by atoms with Crippen LogP contribution in [0.4, 0.5) is 0 Å². The van der Waals surface area contributed by atoms with Gasteiger partial charge in [-0.25, -0.2) is 0 Å². The molecule has 2 unspecified atom stereocenters. The van der Waals surface area contributed by atoms with Crippen molar-refractivity contribution in [2.45, 2.75) is 60.3 Å². The molecule has 19 heavy (non-hydrogen) atoms. The van der Waals surface area contributed by atoms with Gasteiger partial charge < -0.3 is 4.90 Å². The number of carbonyl (C=O) groups excluding carboxylic acids is 1. The highest BCUT2D eigenvalue weighted by Gasteiger charge is 2.37. The zero-order valence-electron chi connectivity index (χ0n) is 13.5. The van der Waals surface area contributed by atoms with Gasteiger partial charge in [-0.15, -0.1) is 0 Å². The number of ketones is 1. The van der Waals surface area contributed by atoms with Crippen molar-refractivity contribution in [1.82, 2.24) is 4.90 Å². The van der Waals surface area contributed by atoms with Crippen molar-refractivity contribution in [3.8, 4) is 0 Å². The lowest BCUT2D eigenvalue weighted by atomic mass is 9.71. The maximum absolute atomic E-state index is 12.1. The van der Waals surface area contributed by atoms with Gasteiger partial charge in [-0.2, -0.15) is 0 Å². The summed E-state index contributed by atoms with van der Waals surface area (Å²) in [6.07, 6.45) is 4.26. The molecule has 0 amide bonds. The Kier molecular flexibility index (Phi) is 4.11. The summed E-state index contributed by atoms with van der Waals surface area (Å²) in [5.74, 6) is 1.60. The van der Waals surface area contributed by atoms with E-state index < -0.39 is 0 Å². The Hall–Kier alpha value is -0.370. The van der Waals surface area contributed by atoms with Gasteiger partial charge in [0, 0.05) is 25.4 Å². The largest absolute Gasteiger partial charge is 0.302 e. The molecule has 0 spiro atoms. The van der Waals surface area contributed by atoms with Gasteiger partial charge in [0.2, 0.25) is 0 Å². The van der Waals surface area contributed by atoms with Crippen LogP contribution in [0.2, 0.25) is 0 Å². The van der Waals surface area contributed by atoms with Gasteiger partial charge in [0.05, 0.1) is 0 Å². The van der Waals surface area contributed by atoms with Crippen LogP contribution in [0.5, 0.6) is 0 Å². The minimum absolute atomic E-state index is 0.294. The normalized spacial score (nSPS) is 32.8. The first-order chi connectivity index (χ1) is 8.67. The van der Waals surface area contributed by atoms with Gasteiger partial charge in [-0.1, -0.05) is 34.6 Å². The first-order valence-electron chi connectivity index (χ1n) is 7.92. The minimum Gasteiger partial charge on any atom is -0.302 e. The van der Waals surface area contributed by atoms with Crippen molar-refractivity contribution < 1.29 is 4.79 Å². The zero-order chi connectivity index (χ0) is 14.3. The van der Waals surface area contributed by atoms with Crippen molar-refractivity contribution in [3.63, 3.8) is 0 Å². The number of carbonyl (C=O) groups is 1. The molecule has 2 aliphatic rings. The van der Waals surface area contributed by atoms with Crippen molar-refractivity contribution >= 4 is 5.78 Å². The van der Waals surface area contributed by atoms with Crippen molar-refractivity contribution in [2.24, 2.45) is 22.7 Å². The van der Waals surface area contributed by atoms with Crippen LogP contribution in [0.15, 0.2) is 0 Å². The summed E-state index contributed by atoms with van der Waals surface area (Å²) in [5.41, 5.74) is 0.770. The third-order valence-corrected chi connectivity index (χ3v) is 5.28. The molecule has 2 rings (SSSR count). The van der Waals surface area contributed by atoms with Gasteiger partial charge >= 0.3 is 0 Å². The first kappa shape index (κ1) is 15.0. The lowest BCUT2D eigenvalue weighted by molar-refractivity contribution is -0.127. The standard InChI is InChI=1S/C17H31NO/c1-16(2,3)14-7-9-18(12-14)11-13-10-17(4,5)8-6-15(13)19/h13-14H,6-12H2,1-5H3. The Balaban J connectivity index is 1.90. The van der Waals surface area contributed by atoms with Crippen LogP contribution in [-0.4, -0.2) is 30.3 Å². The average molecular weight is 265 g/mol. The number of likely N-dealkylation sites (tertiary alicyclic amines) is 1. The molecule has 0 aromatic heterocycles. The van der Waals surface area contributed by atoms with E-state index in [1.54, 1.807) is 0 Å². The molecule has 0 radical (unpaired) electrons. The second kappa shape index (κ2) is 5.20. The van der Waals surface area contributed by atoms with E-state index in [1.165, 1.54) is 19.5 Å². The molecule has 1 aliphatic heterocycles. The molecule has 1 saturated heterocycles. The van der Waals surface area contributed by atoms with E-state index in [1.807, 2.05) is 0 Å². The second-order valence-electron chi connectivity index (χ2n) is 8.64. The number of rotatable bonds is 2. The number of nitrogens with zero attached hydrogens (tertiary/aromatic N) is 1. The molecule has 0 bridgehead atoms. The van der Waals surface area contributed by atoms with Gasteiger partial charge in [0.1, 0.15) is 5.78 Å². The zero-order valence-corrected chi connectivity index (χ0v) is 13.5. The molecule has 0 N–H and O–H groups in total. The van der Waals surface area contributed by atoms with E-state index in [-0.39, 0.29) is 0 Å². The van der Waals surface area contributed by atoms with E-state index in [2.05, 4.69) is 39.5 Å². The summed E-state index contributed by atoms with van der Waals surface area (Å²) in [4.78, 5) is 14.7. The van der Waals surface area contributed by atoms with E-state index in [0.717, 1.165) is 31.7 Å². The van der Waals surface area contributed by atoms with Crippen LogP contribution in [0.25, 0.3) is 0 Å². The molecule has 1 aliphatic carbocycles. The maximum atomic E-state index is 12.1. The van der Waals surface area contributed by atoms with Crippen LogP contribution < -0.4 is 0 Å². The number of Topliss-reactive ketones (excluding diaryl/α,β-unsaturated/α-hetero) is 1. The van der Waals surface area contributed by atoms with Gasteiger partial charge in [0.25, 0.3) is 0 Å². The van der Waals surface area contributed by atoms with Crippen molar-refractivity contribution in [1.29, 1.82) is 0 Å². The highest BCUT2D eigenvalue weighted by atomic mass is 16.1. The van der Waals surface area contributed by atoms with Gasteiger partial charge in [0.15, 0.2) is 0 Å². The van der Waals surface area contributed by atoms with Crippen molar-refractivity contribution in [2.75, 3.05) is 19.6 Å². The fourth-order valence-corrected chi connectivity index (χ4v) is 3.73. The molecule has 2 fully saturated rings. The summed E-state index contributed by atoms with van der Waals surface area (Å²) < 4.78 is 0. The van der Waals surface area contributed by atoms with E-state index in [4.69, 9.17) is 0 Å². The Labute approximate surface area is 118 Å². The van der Waals surface area contributed by atoms with Crippen LogP contribution >= 0.6 is 0 Å². The van der Waals surface area contributed by atoms with E-state index in [9.17, 15) is 4.79 Å². The fourth-order valence-electron chi connectivity index (χ4n) is 3.73. The van der Waals surface area contributed by atoms with E-state index in [0.29, 0.717) is 22.5 Å². The molecule has 2 heteroatoms. The monoisotopic (exact) mass is 265 g/mol. The van der Waals surface area contributed by atoms with Crippen LogP contribution in [0.3, 0.4) is 0 Å². The second-order valence-corrected chi connectivity index (χ2v) is 8.64. The van der Waals surface area contributed by atoms with Gasteiger partial charge in [-0.05, 0) is 42.6 Å². The smallest absolute Gasteiger partial charge is 0.137 e. The predicted molar refractivity (Wildman–Crippen MR) is 80.1 cm³/mol. The lowest BCUT2D eigenvalue weighted by Gasteiger charge is -2.36. The molecule has 2 atom stereocenters. The average Bonchev–Trinajstić information content (AvgIpc) is 2.71. The molecule has 1 heterocycles. The highest BCUT2D eigenvalue weighted by molar-refractivity contribution is 5.82. The number of hydrogen-bond acceptors (Lipinski definition) is 2. The summed E-state index contributed by atoms with van der Waals surface area (Å²) in [6, 6.07) is 0. The molecule has 0 aromatic carbocycles. The third-order valence-electron chi connectivity index (χ3n) is 5.28. The summed E-state index contributed by atoms with van der Waals surface area (Å²) in [7, 11) is 0. The Morgan fingerprint density at radius 1 is 1.32 bits per heavy atom. The molecular weight excluding hydrogens is 234 g/mol. The highest BCUT2D eigenvalue weighted by Crippen LogP contribution is 2.39. The Morgan fingerprint density at radius 3 is 2.58 bits per heavy atom. The summed E-state index contributed by atoms with van der Waals surface area (Å²) in [5, 5.41) is 0. The first-order valence-corrected chi connectivity index (χ1v) is 7.92. The summed E-state index contributed by atoms with van der Waals surface area (Å²) in [6.45, 7) is 15.0. The topological polar surface area (TPSA) is 20.3 Å². The minimum atomic E-state index is 0.294. The molecule has 1 saturated carbocycles. The summed E-state index contributed by atoms with van der Waals surface area (Å²) >= 11 is 0. The Bertz CT molecular complexity index is 340. The molecular formula is C17H31NO. The Morgan fingerprint density at radius 2 is 2.00 bits per heavy atom. The third kappa shape index (κ3) is 3.81. The van der Waals surface area contributed by atoms with Crippen LogP contribution in [0.1, 0.15) is 60.3 Å². The fraction of sp³-hybridized carbons (Fsp3) is 0.941.